The van der Waals surface area contributed by atoms with E-state index < -0.39 is 0 Å². The van der Waals surface area contributed by atoms with Crippen molar-refractivity contribution in [1.82, 2.24) is 9.55 Å². The lowest BCUT2D eigenvalue weighted by Crippen LogP contribution is -2.29. The van der Waals surface area contributed by atoms with Gasteiger partial charge in [0.1, 0.15) is 5.75 Å². The Balaban J connectivity index is 1.50. The zero-order valence-electron chi connectivity index (χ0n) is 15.3. The molecule has 0 aliphatic carbocycles. The molecule has 1 fully saturated rings. The molecule has 2 heterocycles. The normalized spacial score (nSPS) is 16.5. The Morgan fingerprint density at radius 1 is 1.21 bits per heavy atom. The molecule has 146 valence electrons. The Kier molecular flexibility index (Phi) is 6.20. The maximum absolute atomic E-state index is 13.0. The molecule has 1 saturated heterocycles. The Bertz CT molecular complexity index is 1000. The van der Waals surface area contributed by atoms with Gasteiger partial charge in [-0.15, -0.1) is 0 Å². The van der Waals surface area contributed by atoms with Crippen LogP contribution in [0.3, 0.4) is 0 Å². The van der Waals surface area contributed by atoms with Crippen molar-refractivity contribution in [1.29, 1.82) is 0 Å². The van der Waals surface area contributed by atoms with E-state index in [0.29, 0.717) is 34.5 Å². The van der Waals surface area contributed by atoms with E-state index in [1.54, 1.807) is 16.7 Å². The highest BCUT2D eigenvalue weighted by molar-refractivity contribution is 7.99. The van der Waals surface area contributed by atoms with Gasteiger partial charge in [0.05, 0.1) is 30.2 Å². The molecule has 2 aromatic carbocycles. The average Bonchev–Trinajstić information content (AvgIpc) is 3.22. The number of fused-ring (bicyclic) bond motifs is 1. The van der Waals surface area contributed by atoms with E-state index in [1.807, 2.05) is 36.4 Å². The van der Waals surface area contributed by atoms with Gasteiger partial charge in [0.2, 0.25) is 0 Å². The van der Waals surface area contributed by atoms with Gasteiger partial charge in [0.25, 0.3) is 5.56 Å². The molecule has 0 unspecified atom stereocenters. The Morgan fingerprint density at radius 2 is 2.04 bits per heavy atom. The molecule has 0 radical (unpaired) electrons. The summed E-state index contributed by atoms with van der Waals surface area (Å²) in [5, 5.41) is 2.03. The fraction of sp³-hybridized carbons (Fsp3) is 0.333. The van der Waals surface area contributed by atoms with Crippen molar-refractivity contribution in [2.24, 2.45) is 0 Å². The predicted molar refractivity (Wildman–Crippen MR) is 113 cm³/mol. The quantitative estimate of drug-likeness (QED) is 0.324. The van der Waals surface area contributed by atoms with Crippen molar-refractivity contribution < 1.29 is 9.47 Å². The number of ether oxygens (including phenoxy) is 2. The van der Waals surface area contributed by atoms with Crippen LogP contribution in [0.4, 0.5) is 0 Å². The SMILES string of the molecule is O=c1c2ccccc2nc(SCCOc2ccc(Cl)cc2)n1C[C@H]1CCCO1. The van der Waals surface area contributed by atoms with Gasteiger partial charge >= 0.3 is 0 Å². The second kappa shape index (κ2) is 8.99. The molecule has 0 N–H and O–H groups in total. The van der Waals surface area contributed by atoms with Crippen LogP contribution in [0.1, 0.15) is 12.8 Å². The maximum Gasteiger partial charge on any atom is 0.262 e. The average molecular weight is 417 g/mol. The lowest BCUT2D eigenvalue weighted by molar-refractivity contribution is 0.0937. The number of hydrogen-bond acceptors (Lipinski definition) is 5. The molecule has 1 aromatic heterocycles. The standard InChI is InChI=1S/C21H21ClN2O3S/c22-15-7-9-16(10-8-15)27-12-13-28-21-23-19-6-2-1-5-18(19)20(25)24(21)14-17-4-3-11-26-17/h1-2,5-10,17H,3-4,11-14H2/t17-/m1/s1. The minimum absolute atomic E-state index is 0.0118. The summed E-state index contributed by atoms with van der Waals surface area (Å²) in [5.74, 6) is 1.45. The smallest absolute Gasteiger partial charge is 0.262 e. The molecule has 28 heavy (non-hydrogen) atoms. The van der Waals surface area contributed by atoms with Crippen LogP contribution >= 0.6 is 23.4 Å². The van der Waals surface area contributed by atoms with Crippen molar-refractivity contribution in [3.05, 3.63) is 63.9 Å². The first-order valence-electron chi connectivity index (χ1n) is 9.33. The number of nitrogens with zero attached hydrogens (tertiary/aromatic N) is 2. The molecule has 0 spiro atoms. The summed E-state index contributed by atoms with van der Waals surface area (Å²) in [6, 6.07) is 14.8. The first-order valence-corrected chi connectivity index (χ1v) is 10.7. The lowest BCUT2D eigenvalue weighted by atomic mass is 10.2. The highest BCUT2D eigenvalue weighted by Crippen LogP contribution is 2.21. The molecule has 1 aliphatic rings. The third kappa shape index (κ3) is 4.51. The highest BCUT2D eigenvalue weighted by atomic mass is 35.5. The monoisotopic (exact) mass is 416 g/mol. The third-order valence-corrected chi connectivity index (χ3v) is 5.83. The van der Waals surface area contributed by atoms with Crippen LogP contribution in [0.25, 0.3) is 10.9 Å². The van der Waals surface area contributed by atoms with Crippen molar-refractivity contribution in [2.75, 3.05) is 19.0 Å². The van der Waals surface area contributed by atoms with Gasteiger partial charge in [-0.25, -0.2) is 4.98 Å². The third-order valence-electron chi connectivity index (χ3n) is 4.63. The number of halogens is 1. The van der Waals surface area contributed by atoms with E-state index in [1.165, 1.54) is 11.8 Å². The van der Waals surface area contributed by atoms with Gasteiger partial charge in [-0.1, -0.05) is 35.5 Å². The van der Waals surface area contributed by atoms with Gasteiger partial charge in [-0.05, 0) is 49.2 Å². The van der Waals surface area contributed by atoms with E-state index in [2.05, 4.69) is 0 Å². The van der Waals surface area contributed by atoms with E-state index in [4.69, 9.17) is 26.1 Å². The molecule has 0 saturated carbocycles. The molecule has 5 nitrogen and oxygen atoms in total. The predicted octanol–water partition coefficient (Wildman–Crippen LogP) is 4.40. The highest BCUT2D eigenvalue weighted by Gasteiger charge is 2.20. The fourth-order valence-corrected chi connectivity index (χ4v) is 4.19. The van der Waals surface area contributed by atoms with E-state index >= 15 is 0 Å². The van der Waals surface area contributed by atoms with Gasteiger partial charge in [-0.2, -0.15) is 0 Å². The molecule has 7 heteroatoms. The molecule has 1 aliphatic heterocycles. The zero-order chi connectivity index (χ0) is 19.3. The van der Waals surface area contributed by atoms with Crippen LogP contribution in [0.2, 0.25) is 5.02 Å². The van der Waals surface area contributed by atoms with Gasteiger partial charge < -0.3 is 9.47 Å². The first kappa shape index (κ1) is 19.3. The summed E-state index contributed by atoms with van der Waals surface area (Å²) < 4.78 is 13.2. The number of benzene rings is 2. The molecular formula is C21H21ClN2O3S. The molecule has 1 atom stereocenters. The second-order valence-electron chi connectivity index (χ2n) is 6.61. The molecule has 4 rings (SSSR count). The molecule has 0 amide bonds. The number of para-hydroxylation sites is 1. The zero-order valence-corrected chi connectivity index (χ0v) is 16.9. The number of hydrogen-bond donors (Lipinski definition) is 0. The Labute approximate surface area is 172 Å². The first-order chi connectivity index (χ1) is 13.7. The van der Waals surface area contributed by atoms with Crippen molar-refractivity contribution in [3.63, 3.8) is 0 Å². The topological polar surface area (TPSA) is 53.3 Å². The summed E-state index contributed by atoms with van der Waals surface area (Å²) in [5.41, 5.74) is 0.708. The largest absolute Gasteiger partial charge is 0.493 e. The molecule has 0 bridgehead atoms. The van der Waals surface area contributed by atoms with Crippen LogP contribution in [0.5, 0.6) is 5.75 Å². The molecule has 3 aromatic rings. The number of aromatic nitrogens is 2. The van der Waals surface area contributed by atoms with E-state index in [9.17, 15) is 4.79 Å². The van der Waals surface area contributed by atoms with Crippen molar-refractivity contribution >= 4 is 34.3 Å². The van der Waals surface area contributed by atoms with Crippen molar-refractivity contribution in [2.45, 2.75) is 30.6 Å². The summed E-state index contributed by atoms with van der Waals surface area (Å²) in [7, 11) is 0. The molecular weight excluding hydrogens is 396 g/mol. The van der Waals surface area contributed by atoms with Crippen LogP contribution < -0.4 is 10.3 Å². The maximum atomic E-state index is 13.0. The summed E-state index contributed by atoms with van der Waals surface area (Å²) in [6.45, 7) is 1.81. The van der Waals surface area contributed by atoms with Gasteiger partial charge in [0.15, 0.2) is 5.16 Å². The van der Waals surface area contributed by atoms with Crippen LogP contribution in [-0.2, 0) is 11.3 Å². The van der Waals surface area contributed by atoms with Crippen LogP contribution in [0, 0.1) is 0 Å². The minimum Gasteiger partial charge on any atom is -0.493 e. The van der Waals surface area contributed by atoms with Crippen LogP contribution in [-0.4, -0.2) is 34.6 Å². The van der Waals surface area contributed by atoms with Gasteiger partial charge in [-0.3, -0.25) is 9.36 Å². The van der Waals surface area contributed by atoms with E-state index in [0.717, 1.165) is 30.7 Å². The van der Waals surface area contributed by atoms with Gasteiger partial charge in [0, 0.05) is 17.4 Å². The summed E-state index contributed by atoms with van der Waals surface area (Å²) in [6.07, 6.45) is 2.09. The Hall–Kier alpha value is -2.02. The number of rotatable bonds is 7. The van der Waals surface area contributed by atoms with E-state index in [-0.39, 0.29) is 11.7 Å². The minimum atomic E-state index is -0.0118. The Morgan fingerprint density at radius 3 is 2.82 bits per heavy atom. The second-order valence-corrected chi connectivity index (χ2v) is 8.11. The summed E-state index contributed by atoms with van der Waals surface area (Å²) >= 11 is 7.42. The van der Waals surface area contributed by atoms with Crippen molar-refractivity contribution in [3.8, 4) is 5.75 Å². The fourth-order valence-electron chi connectivity index (χ4n) is 3.23. The van der Waals surface area contributed by atoms with Crippen LogP contribution in [0.15, 0.2) is 58.5 Å². The lowest BCUT2D eigenvalue weighted by Gasteiger charge is -2.16. The number of thioether (sulfide) groups is 1. The summed E-state index contributed by atoms with van der Waals surface area (Å²) in [4.78, 5) is 17.8.